The Bertz CT molecular complexity index is 1850. The topological polar surface area (TPSA) is 108 Å². The molecule has 2 amide bonds. The molecular formula is C39H38ClN3O5. The van der Waals surface area contributed by atoms with Gasteiger partial charge in [-0.25, -0.2) is 0 Å². The van der Waals surface area contributed by atoms with Gasteiger partial charge in [0.05, 0.1) is 5.56 Å². The van der Waals surface area contributed by atoms with Crippen LogP contribution in [0.4, 0.5) is 5.69 Å². The van der Waals surface area contributed by atoms with Crippen LogP contribution in [0.3, 0.4) is 0 Å². The predicted molar refractivity (Wildman–Crippen MR) is 184 cm³/mol. The summed E-state index contributed by atoms with van der Waals surface area (Å²) in [5.74, 6) is -1.56. The molecule has 0 bridgehead atoms. The Hall–Kier alpha value is -4.50. The van der Waals surface area contributed by atoms with E-state index in [1.54, 1.807) is 78.9 Å². The van der Waals surface area contributed by atoms with Gasteiger partial charge in [0.15, 0.2) is 23.0 Å². The van der Waals surface area contributed by atoms with Crippen LogP contribution >= 0.6 is 11.6 Å². The molecule has 3 N–H and O–H groups in total. The van der Waals surface area contributed by atoms with Gasteiger partial charge >= 0.3 is 0 Å². The lowest BCUT2D eigenvalue weighted by Crippen LogP contribution is -2.71. The van der Waals surface area contributed by atoms with Crippen molar-refractivity contribution in [2.24, 2.45) is 5.41 Å². The molecule has 1 saturated heterocycles. The first-order chi connectivity index (χ1) is 23.2. The predicted octanol–water partition coefficient (Wildman–Crippen LogP) is 6.08. The second kappa shape index (κ2) is 12.8. The number of aryl methyl sites for hydroxylation is 1. The van der Waals surface area contributed by atoms with E-state index in [0.29, 0.717) is 16.5 Å². The third kappa shape index (κ3) is 5.19. The van der Waals surface area contributed by atoms with E-state index in [1.165, 1.54) is 4.90 Å². The Labute approximate surface area is 285 Å². The van der Waals surface area contributed by atoms with Crippen LogP contribution in [-0.2, 0) is 21.7 Å². The molecule has 4 atom stereocenters. The summed E-state index contributed by atoms with van der Waals surface area (Å²) in [6.45, 7) is 2.03. The first kappa shape index (κ1) is 32.1. The van der Waals surface area contributed by atoms with Crippen LogP contribution in [-0.4, -0.2) is 41.0 Å². The number of rotatable bonds is 7. The quantitative estimate of drug-likeness (QED) is 0.221. The molecule has 2 fully saturated rings. The molecule has 1 saturated carbocycles. The van der Waals surface area contributed by atoms with Crippen LogP contribution in [0.2, 0.25) is 5.02 Å². The largest absolute Gasteiger partial charge is 0.473 e. The maximum absolute atomic E-state index is 15.5. The van der Waals surface area contributed by atoms with Gasteiger partial charge in [0.25, 0.3) is 5.91 Å². The van der Waals surface area contributed by atoms with Gasteiger partial charge in [0.2, 0.25) is 5.91 Å². The zero-order chi connectivity index (χ0) is 33.5. The van der Waals surface area contributed by atoms with Gasteiger partial charge < -0.3 is 15.2 Å². The summed E-state index contributed by atoms with van der Waals surface area (Å²) in [5, 5.41) is 20.4. The Morgan fingerprint density at radius 2 is 1.62 bits per heavy atom. The van der Waals surface area contributed by atoms with Crippen LogP contribution in [0, 0.1) is 12.3 Å². The van der Waals surface area contributed by atoms with Crippen molar-refractivity contribution >= 4 is 34.9 Å². The molecule has 4 aromatic carbocycles. The van der Waals surface area contributed by atoms with E-state index >= 15 is 9.59 Å². The molecule has 246 valence electrons. The number of fused-ring (bicyclic) bond motifs is 1. The number of Topliss-reactive ketones (excluding diaryl/α,β-unsaturated/α-hetero) is 1. The highest BCUT2D eigenvalue weighted by Gasteiger charge is 2.79. The summed E-state index contributed by atoms with van der Waals surface area (Å²) in [6, 6.07) is 28.1. The number of halogens is 1. The Morgan fingerprint density at radius 1 is 0.917 bits per heavy atom. The fourth-order valence-electron chi connectivity index (χ4n) is 7.79. The lowest BCUT2D eigenvalue weighted by molar-refractivity contribution is -0.156. The number of ether oxygens (including phenoxy) is 1. The highest BCUT2D eigenvalue weighted by molar-refractivity contribution is 6.30. The monoisotopic (exact) mass is 663 g/mol. The first-order valence-corrected chi connectivity index (χ1v) is 16.9. The third-order valence-electron chi connectivity index (χ3n) is 10.0. The number of anilines is 1. The average Bonchev–Trinajstić information content (AvgIpc) is 3.32. The normalized spacial score (nSPS) is 25.5. The Kier molecular flexibility index (Phi) is 8.58. The molecule has 2 heterocycles. The minimum Gasteiger partial charge on any atom is -0.473 e. The molecule has 3 aliphatic rings. The standard InChI is InChI=1S/C39H38ClN3O5/c1-25-20-21-32-31(22-25)34(44)38(36(48-32)41-24-26-12-11-15-28(40)23-26)33(35(45)42-29-16-7-3-8-17-29)43(30-18-9-4-10-19-30)37(46)39(38,47)27-13-5-2-6-14-27/h2,4-6,9-15,18-23,29,33,36,41,47H,3,7-8,16-17,24H2,1H3,(H,42,45)/t33-,36+,38+,39-/m1/s1. The average molecular weight is 664 g/mol. The smallest absolute Gasteiger partial charge is 0.265 e. The minimum absolute atomic E-state index is 0.131. The van der Waals surface area contributed by atoms with Gasteiger partial charge in [0.1, 0.15) is 11.8 Å². The van der Waals surface area contributed by atoms with Crippen molar-refractivity contribution in [2.75, 3.05) is 4.90 Å². The van der Waals surface area contributed by atoms with Crippen molar-refractivity contribution in [2.45, 2.75) is 69.5 Å². The van der Waals surface area contributed by atoms with E-state index in [-0.39, 0.29) is 23.7 Å². The van der Waals surface area contributed by atoms with Gasteiger partial charge in [0, 0.05) is 23.3 Å². The molecule has 7 rings (SSSR count). The summed E-state index contributed by atoms with van der Waals surface area (Å²) in [4.78, 5) is 46.9. The maximum atomic E-state index is 15.5. The van der Waals surface area contributed by atoms with Gasteiger partial charge in [-0.15, -0.1) is 0 Å². The molecule has 8 nitrogen and oxygen atoms in total. The summed E-state index contributed by atoms with van der Waals surface area (Å²) >= 11 is 6.32. The van der Waals surface area contributed by atoms with Crippen LogP contribution in [0.15, 0.2) is 103 Å². The first-order valence-electron chi connectivity index (χ1n) is 16.5. The molecule has 4 aromatic rings. The lowest BCUT2D eigenvalue weighted by Gasteiger charge is -2.49. The zero-order valence-corrected chi connectivity index (χ0v) is 27.5. The van der Waals surface area contributed by atoms with Crippen molar-refractivity contribution < 1.29 is 24.2 Å². The van der Waals surface area contributed by atoms with Crippen molar-refractivity contribution in [1.29, 1.82) is 0 Å². The number of ketones is 1. The maximum Gasteiger partial charge on any atom is 0.265 e. The third-order valence-corrected chi connectivity index (χ3v) is 10.3. The fourth-order valence-corrected chi connectivity index (χ4v) is 8.00. The second-order valence-corrected chi connectivity index (χ2v) is 13.5. The van der Waals surface area contributed by atoms with Crippen molar-refractivity contribution in [3.63, 3.8) is 0 Å². The van der Waals surface area contributed by atoms with Gasteiger partial charge in [-0.05, 0) is 67.3 Å². The van der Waals surface area contributed by atoms with E-state index in [1.807, 2.05) is 31.2 Å². The summed E-state index contributed by atoms with van der Waals surface area (Å²) in [7, 11) is 0. The van der Waals surface area contributed by atoms with Crippen molar-refractivity contribution in [3.05, 3.63) is 130 Å². The summed E-state index contributed by atoms with van der Waals surface area (Å²) < 4.78 is 6.68. The minimum atomic E-state index is -2.52. The van der Waals surface area contributed by atoms with Crippen molar-refractivity contribution in [1.82, 2.24) is 10.6 Å². The molecule has 9 heteroatoms. The summed E-state index contributed by atoms with van der Waals surface area (Å²) in [5.41, 5.74) is -2.35. The number of amides is 2. The Balaban J connectivity index is 1.49. The van der Waals surface area contributed by atoms with E-state index in [4.69, 9.17) is 16.3 Å². The highest BCUT2D eigenvalue weighted by atomic mass is 35.5. The number of carbonyl (C=O) groups is 3. The van der Waals surface area contributed by atoms with Crippen LogP contribution in [0.5, 0.6) is 5.75 Å². The lowest BCUT2D eigenvalue weighted by atomic mass is 9.60. The number of hydrogen-bond donors (Lipinski definition) is 3. The molecule has 1 aliphatic carbocycles. The SMILES string of the molecule is Cc1ccc2c(c1)C(=O)[C@]1([C@@H](NCc3cccc(Cl)c3)O2)[C@@H](C(=O)NC2CCCCC2)N(c2ccccc2)C(=O)[C@]1(O)c1ccccc1. The van der Waals surface area contributed by atoms with Crippen LogP contribution in [0.1, 0.15) is 59.2 Å². The number of carbonyl (C=O) groups excluding carboxylic acids is 3. The number of nitrogens with zero attached hydrogens (tertiary/aromatic N) is 1. The molecule has 2 aliphatic heterocycles. The summed E-state index contributed by atoms with van der Waals surface area (Å²) in [6.07, 6.45) is 3.26. The van der Waals surface area contributed by atoms with Crippen LogP contribution < -0.4 is 20.3 Å². The Morgan fingerprint density at radius 3 is 2.33 bits per heavy atom. The molecule has 0 aromatic heterocycles. The van der Waals surface area contributed by atoms with Crippen molar-refractivity contribution in [3.8, 4) is 5.75 Å². The molecule has 48 heavy (non-hydrogen) atoms. The zero-order valence-electron chi connectivity index (χ0n) is 26.7. The van der Waals surface area contributed by atoms with Gasteiger partial charge in [-0.1, -0.05) is 103 Å². The molecule has 0 radical (unpaired) electrons. The fraction of sp³-hybridized carbons (Fsp3) is 0.308. The number of benzene rings is 4. The number of para-hydroxylation sites is 1. The molecule has 1 spiro atoms. The molecular weight excluding hydrogens is 626 g/mol. The number of aliphatic hydroxyl groups is 1. The van der Waals surface area contributed by atoms with E-state index in [9.17, 15) is 9.90 Å². The van der Waals surface area contributed by atoms with E-state index in [0.717, 1.165) is 43.2 Å². The highest BCUT2D eigenvalue weighted by Crippen LogP contribution is 2.59. The van der Waals surface area contributed by atoms with Gasteiger partial charge in [-0.3, -0.25) is 24.6 Å². The second-order valence-electron chi connectivity index (χ2n) is 13.0. The number of nitrogens with one attached hydrogen (secondary N) is 2. The van der Waals surface area contributed by atoms with E-state index in [2.05, 4.69) is 10.6 Å². The number of hydrogen-bond acceptors (Lipinski definition) is 6. The van der Waals surface area contributed by atoms with Crippen LogP contribution in [0.25, 0.3) is 0 Å². The van der Waals surface area contributed by atoms with Gasteiger partial charge in [-0.2, -0.15) is 0 Å². The molecule has 0 unspecified atom stereocenters. The van der Waals surface area contributed by atoms with E-state index < -0.39 is 40.9 Å².